The van der Waals surface area contributed by atoms with Gasteiger partial charge in [0.1, 0.15) is 11.6 Å². The summed E-state index contributed by atoms with van der Waals surface area (Å²) in [5.41, 5.74) is 5.25. The molecule has 1 saturated carbocycles. The number of carbonyl (C=O) groups excluding carboxylic acids is 2. The van der Waals surface area contributed by atoms with Crippen LogP contribution in [0.3, 0.4) is 0 Å². The van der Waals surface area contributed by atoms with Crippen LogP contribution in [0.15, 0.2) is 18.2 Å². The molecule has 1 aliphatic carbocycles. The van der Waals surface area contributed by atoms with Gasteiger partial charge in [0, 0.05) is 37.2 Å². The second-order valence-corrected chi connectivity index (χ2v) is 5.10. The van der Waals surface area contributed by atoms with Crippen molar-refractivity contribution in [2.75, 3.05) is 6.54 Å². The Balaban J connectivity index is 1.93. The summed E-state index contributed by atoms with van der Waals surface area (Å²) in [6.45, 7) is 0.696. The molecule has 3 amide bonds. The summed E-state index contributed by atoms with van der Waals surface area (Å²) in [6, 6.07) is 2.88. The van der Waals surface area contributed by atoms with Crippen LogP contribution in [0.4, 0.5) is 13.6 Å². The molecule has 5 nitrogen and oxygen atoms in total. The lowest BCUT2D eigenvalue weighted by molar-refractivity contribution is -0.120. The van der Waals surface area contributed by atoms with Crippen LogP contribution in [0.1, 0.15) is 24.8 Å². The number of nitrogens with zero attached hydrogens (tertiary/aromatic N) is 1. The van der Waals surface area contributed by atoms with Gasteiger partial charge in [-0.3, -0.25) is 15.0 Å². The van der Waals surface area contributed by atoms with Crippen molar-refractivity contribution < 1.29 is 18.4 Å². The van der Waals surface area contributed by atoms with Crippen molar-refractivity contribution in [3.8, 4) is 0 Å². The number of urea groups is 1. The Morgan fingerprint density at radius 2 is 2.05 bits per heavy atom. The maximum absolute atomic E-state index is 13.7. The number of amides is 3. The minimum Gasteiger partial charge on any atom is -0.351 e. The highest BCUT2D eigenvalue weighted by Gasteiger charge is 2.29. The van der Waals surface area contributed by atoms with Crippen molar-refractivity contribution >= 4 is 11.9 Å². The first-order valence-corrected chi connectivity index (χ1v) is 6.73. The third kappa shape index (κ3) is 4.78. The number of nitrogens with one attached hydrogen (secondary N) is 1. The van der Waals surface area contributed by atoms with Gasteiger partial charge in [0.25, 0.3) is 0 Å². The summed E-state index contributed by atoms with van der Waals surface area (Å²) >= 11 is 0. The van der Waals surface area contributed by atoms with Gasteiger partial charge in [0.15, 0.2) is 0 Å². The van der Waals surface area contributed by atoms with Gasteiger partial charge < -0.3 is 5.73 Å². The molecule has 7 heteroatoms. The molecule has 114 valence electrons. The maximum Gasteiger partial charge on any atom is 0.318 e. The molecule has 0 aromatic heterocycles. The zero-order valence-electron chi connectivity index (χ0n) is 11.4. The van der Waals surface area contributed by atoms with Gasteiger partial charge in [-0.05, 0) is 18.9 Å². The van der Waals surface area contributed by atoms with Crippen LogP contribution in [0.5, 0.6) is 0 Å². The van der Waals surface area contributed by atoms with Crippen LogP contribution < -0.4 is 11.1 Å². The fourth-order valence-electron chi connectivity index (χ4n) is 2.14. The molecule has 0 aliphatic heterocycles. The highest BCUT2D eigenvalue weighted by Crippen LogP contribution is 2.29. The molecule has 21 heavy (non-hydrogen) atoms. The van der Waals surface area contributed by atoms with Crippen molar-refractivity contribution in [1.29, 1.82) is 0 Å². The van der Waals surface area contributed by atoms with E-state index in [1.165, 1.54) is 12.1 Å². The summed E-state index contributed by atoms with van der Waals surface area (Å²) in [5, 5.41) is 1.99. The van der Waals surface area contributed by atoms with Crippen LogP contribution in [0.25, 0.3) is 0 Å². The first-order chi connectivity index (χ1) is 9.95. The molecular formula is C14H17F2N3O2. The lowest BCUT2D eigenvalue weighted by atomic mass is 10.2. The summed E-state index contributed by atoms with van der Waals surface area (Å²) in [5.74, 6) is -1.68. The van der Waals surface area contributed by atoms with Crippen molar-refractivity contribution in [1.82, 2.24) is 10.2 Å². The summed E-state index contributed by atoms with van der Waals surface area (Å²) < 4.78 is 26.5. The SMILES string of the molecule is NC(=O)NC(=O)CCN(Cc1ccc(F)cc1F)C1CC1. The highest BCUT2D eigenvalue weighted by atomic mass is 19.1. The molecule has 0 atom stereocenters. The monoisotopic (exact) mass is 297 g/mol. The van der Waals surface area contributed by atoms with Gasteiger partial charge in [0.05, 0.1) is 0 Å². The van der Waals surface area contributed by atoms with E-state index in [1.54, 1.807) is 0 Å². The molecule has 0 spiro atoms. The van der Waals surface area contributed by atoms with E-state index in [1.807, 2.05) is 10.2 Å². The smallest absolute Gasteiger partial charge is 0.318 e. The largest absolute Gasteiger partial charge is 0.351 e. The number of imide groups is 1. The Bertz CT molecular complexity index is 547. The Kier molecular flexibility index (Phi) is 4.85. The molecule has 0 unspecified atom stereocenters. The van der Waals surface area contributed by atoms with Gasteiger partial charge in [-0.1, -0.05) is 6.07 Å². The van der Waals surface area contributed by atoms with Crippen LogP contribution in [0.2, 0.25) is 0 Å². The fourth-order valence-corrected chi connectivity index (χ4v) is 2.14. The van der Waals surface area contributed by atoms with Crippen LogP contribution >= 0.6 is 0 Å². The average Bonchev–Trinajstić information content (AvgIpc) is 3.20. The Morgan fingerprint density at radius 3 is 2.62 bits per heavy atom. The summed E-state index contributed by atoms with van der Waals surface area (Å²) in [4.78, 5) is 23.9. The minimum absolute atomic E-state index is 0.0995. The molecule has 1 aromatic rings. The molecule has 2 rings (SSSR count). The number of carbonyl (C=O) groups is 2. The quantitative estimate of drug-likeness (QED) is 0.836. The van der Waals surface area contributed by atoms with E-state index < -0.39 is 23.6 Å². The molecule has 1 aliphatic rings. The predicted octanol–water partition coefficient (Wildman–Crippen LogP) is 1.51. The van der Waals surface area contributed by atoms with E-state index in [0.29, 0.717) is 24.7 Å². The second-order valence-electron chi connectivity index (χ2n) is 5.10. The normalized spacial score (nSPS) is 14.2. The van der Waals surface area contributed by atoms with Crippen molar-refractivity contribution in [2.45, 2.75) is 31.8 Å². The second kappa shape index (κ2) is 6.62. The lowest BCUT2D eigenvalue weighted by Crippen LogP contribution is -2.37. The zero-order chi connectivity index (χ0) is 15.4. The first kappa shape index (κ1) is 15.4. The number of hydrogen-bond donors (Lipinski definition) is 2. The molecule has 0 heterocycles. The third-order valence-electron chi connectivity index (χ3n) is 3.34. The van der Waals surface area contributed by atoms with Crippen molar-refractivity contribution in [2.24, 2.45) is 5.73 Å². The van der Waals surface area contributed by atoms with Crippen molar-refractivity contribution in [3.05, 3.63) is 35.4 Å². The number of hydrogen-bond acceptors (Lipinski definition) is 3. The number of halogens is 2. The van der Waals surface area contributed by atoms with E-state index in [0.717, 1.165) is 18.9 Å². The number of benzene rings is 1. The van der Waals surface area contributed by atoms with Gasteiger partial charge in [-0.2, -0.15) is 0 Å². The number of primary amides is 1. The van der Waals surface area contributed by atoms with Crippen LogP contribution in [0, 0.1) is 11.6 Å². The topological polar surface area (TPSA) is 75.4 Å². The molecule has 0 bridgehead atoms. The molecule has 0 radical (unpaired) electrons. The maximum atomic E-state index is 13.7. The van der Waals surface area contributed by atoms with E-state index >= 15 is 0 Å². The fraction of sp³-hybridized carbons (Fsp3) is 0.429. The Labute approximate surface area is 121 Å². The minimum atomic E-state index is -0.887. The van der Waals surface area contributed by atoms with Gasteiger partial charge in [-0.15, -0.1) is 0 Å². The first-order valence-electron chi connectivity index (χ1n) is 6.73. The molecule has 0 saturated heterocycles. The Hall–Kier alpha value is -2.02. The van der Waals surface area contributed by atoms with E-state index in [-0.39, 0.29) is 6.42 Å². The van der Waals surface area contributed by atoms with E-state index in [2.05, 4.69) is 0 Å². The van der Waals surface area contributed by atoms with Gasteiger partial charge in [0.2, 0.25) is 5.91 Å². The third-order valence-corrected chi connectivity index (χ3v) is 3.34. The van der Waals surface area contributed by atoms with E-state index in [4.69, 9.17) is 5.73 Å². The van der Waals surface area contributed by atoms with Crippen molar-refractivity contribution in [3.63, 3.8) is 0 Å². The Morgan fingerprint density at radius 1 is 1.33 bits per heavy atom. The molecular weight excluding hydrogens is 280 g/mol. The summed E-state index contributed by atoms with van der Waals surface area (Å²) in [7, 11) is 0. The van der Waals surface area contributed by atoms with Gasteiger partial charge >= 0.3 is 6.03 Å². The molecule has 1 fully saturated rings. The molecule has 3 N–H and O–H groups in total. The number of nitrogens with two attached hydrogens (primary N) is 1. The summed E-state index contributed by atoms with van der Waals surface area (Å²) in [6.07, 6.45) is 2.07. The molecule has 1 aromatic carbocycles. The highest BCUT2D eigenvalue weighted by molar-refractivity contribution is 5.93. The predicted molar refractivity (Wildman–Crippen MR) is 72.1 cm³/mol. The lowest BCUT2D eigenvalue weighted by Gasteiger charge is -2.22. The standard InChI is InChI=1S/C14H17F2N3O2/c15-10-2-1-9(12(16)7-10)8-19(11-3-4-11)6-5-13(20)18-14(17)21/h1-2,7,11H,3-6,8H2,(H3,17,18,20,21). The van der Waals surface area contributed by atoms with Crippen LogP contribution in [-0.4, -0.2) is 29.4 Å². The average molecular weight is 297 g/mol. The van der Waals surface area contributed by atoms with Crippen LogP contribution in [-0.2, 0) is 11.3 Å². The van der Waals surface area contributed by atoms with Gasteiger partial charge in [-0.25, -0.2) is 13.6 Å². The zero-order valence-corrected chi connectivity index (χ0v) is 11.4. The number of rotatable bonds is 6. The van der Waals surface area contributed by atoms with E-state index in [9.17, 15) is 18.4 Å².